The van der Waals surface area contributed by atoms with E-state index in [2.05, 4.69) is 4.72 Å². The molecule has 0 saturated carbocycles. The molecule has 0 spiro atoms. The van der Waals surface area contributed by atoms with Gasteiger partial charge in [0.15, 0.2) is 0 Å². The third kappa shape index (κ3) is 3.71. The van der Waals surface area contributed by atoms with Gasteiger partial charge >= 0.3 is 0 Å². The molecule has 0 atom stereocenters. The number of sulfonamides is 1. The van der Waals surface area contributed by atoms with E-state index in [1.165, 1.54) is 24.3 Å². The number of nitrogen functional groups attached to an aromatic ring is 1. The maximum atomic E-state index is 13.4. The monoisotopic (exact) mass is 310 g/mol. The van der Waals surface area contributed by atoms with Crippen LogP contribution in [0.25, 0.3) is 0 Å². The van der Waals surface area contributed by atoms with E-state index in [1.54, 1.807) is 18.2 Å². The SMILES string of the molecule is Nc1cc(S(=O)(=O)NCCc2ccccc2F)ccc1O. The van der Waals surface area contributed by atoms with E-state index >= 15 is 0 Å². The van der Waals surface area contributed by atoms with Gasteiger partial charge in [0, 0.05) is 6.54 Å². The molecule has 7 heteroatoms. The fourth-order valence-electron chi connectivity index (χ4n) is 1.80. The second kappa shape index (κ2) is 6.11. The number of rotatable bonds is 5. The van der Waals surface area contributed by atoms with Crippen molar-refractivity contribution in [1.29, 1.82) is 0 Å². The van der Waals surface area contributed by atoms with Crippen LogP contribution in [0.2, 0.25) is 0 Å². The van der Waals surface area contributed by atoms with Crippen LogP contribution in [0.1, 0.15) is 5.56 Å². The normalized spacial score (nSPS) is 11.5. The van der Waals surface area contributed by atoms with Crippen LogP contribution in [-0.2, 0) is 16.4 Å². The van der Waals surface area contributed by atoms with Gasteiger partial charge < -0.3 is 10.8 Å². The predicted molar refractivity (Wildman–Crippen MR) is 77.8 cm³/mol. The Morgan fingerprint density at radius 1 is 1.19 bits per heavy atom. The lowest BCUT2D eigenvalue weighted by atomic mass is 10.1. The summed E-state index contributed by atoms with van der Waals surface area (Å²) in [5, 5.41) is 9.28. The number of nitrogens with two attached hydrogens (primary N) is 1. The number of anilines is 1. The molecule has 0 amide bonds. The first-order chi connectivity index (χ1) is 9.90. The number of nitrogens with one attached hydrogen (secondary N) is 1. The van der Waals surface area contributed by atoms with Crippen molar-refractivity contribution in [2.45, 2.75) is 11.3 Å². The number of phenols is 1. The summed E-state index contributed by atoms with van der Waals surface area (Å²) in [6.45, 7) is 0.0596. The molecule has 2 aromatic rings. The van der Waals surface area contributed by atoms with Crippen LogP contribution in [0.4, 0.5) is 10.1 Å². The number of halogens is 1. The standard InChI is InChI=1S/C14H15FN2O3S/c15-12-4-2-1-3-10(12)7-8-17-21(19,20)11-5-6-14(18)13(16)9-11/h1-6,9,17-18H,7-8,16H2. The largest absolute Gasteiger partial charge is 0.506 e. The molecule has 0 saturated heterocycles. The molecule has 0 fully saturated rings. The van der Waals surface area contributed by atoms with Crippen molar-refractivity contribution >= 4 is 15.7 Å². The Balaban J connectivity index is 2.05. The van der Waals surface area contributed by atoms with E-state index in [0.717, 1.165) is 0 Å². The predicted octanol–water partition coefficient (Wildman–Crippen LogP) is 1.63. The highest BCUT2D eigenvalue weighted by atomic mass is 32.2. The number of benzene rings is 2. The summed E-state index contributed by atoms with van der Waals surface area (Å²) >= 11 is 0. The third-order valence-electron chi connectivity index (χ3n) is 2.95. The molecular weight excluding hydrogens is 295 g/mol. The molecule has 0 aliphatic rings. The fourth-order valence-corrected chi connectivity index (χ4v) is 2.87. The molecule has 2 aromatic carbocycles. The van der Waals surface area contributed by atoms with Gasteiger partial charge in [-0.15, -0.1) is 0 Å². The maximum Gasteiger partial charge on any atom is 0.240 e. The zero-order valence-electron chi connectivity index (χ0n) is 11.1. The van der Waals surface area contributed by atoms with Gasteiger partial charge in [0.05, 0.1) is 10.6 Å². The van der Waals surface area contributed by atoms with Gasteiger partial charge in [-0.25, -0.2) is 17.5 Å². The van der Waals surface area contributed by atoms with E-state index < -0.39 is 10.0 Å². The van der Waals surface area contributed by atoms with Crippen molar-refractivity contribution in [3.63, 3.8) is 0 Å². The Kier molecular flexibility index (Phi) is 4.44. The third-order valence-corrected chi connectivity index (χ3v) is 4.41. The second-order valence-electron chi connectivity index (χ2n) is 4.46. The topological polar surface area (TPSA) is 92.4 Å². The Morgan fingerprint density at radius 2 is 1.90 bits per heavy atom. The van der Waals surface area contributed by atoms with Gasteiger partial charge in [0.1, 0.15) is 11.6 Å². The number of hydrogen-bond donors (Lipinski definition) is 3. The van der Waals surface area contributed by atoms with E-state index in [9.17, 15) is 17.9 Å². The molecule has 2 rings (SSSR count). The molecule has 0 aliphatic heterocycles. The first-order valence-corrected chi connectivity index (χ1v) is 7.70. The van der Waals surface area contributed by atoms with Gasteiger partial charge in [-0.05, 0) is 36.2 Å². The minimum Gasteiger partial charge on any atom is -0.506 e. The molecule has 5 nitrogen and oxygen atoms in total. The van der Waals surface area contributed by atoms with Gasteiger partial charge in [-0.1, -0.05) is 18.2 Å². The lowest BCUT2D eigenvalue weighted by molar-refractivity contribution is 0.477. The van der Waals surface area contributed by atoms with Crippen molar-refractivity contribution in [3.8, 4) is 5.75 Å². The minimum atomic E-state index is -3.75. The molecule has 21 heavy (non-hydrogen) atoms. The highest BCUT2D eigenvalue weighted by Crippen LogP contribution is 2.22. The van der Waals surface area contributed by atoms with Gasteiger partial charge in [0.25, 0.3) is 0 Å². The van der Waals surface area contributed by atoms with Crippen molar-refractivity contribution in [2.24, 2.45) is 0 Å². The van der Waals surface area contributed by atoms with Crippen molar-refractivity contribution in [2.75, 3.05) is 12.3 Å². The summed E-state index contributed by atoms with van der Waals surface area (Å²) in [5.41, 5.74) is 5.88. The van der Waals surface area contributed by atoms with Gasteiger partial charge in [-0.3, -0.25) is 0 Å². The molecule has 0 aromatic heterocycles. The highest BCUT2D eigenvalue weighted by molar-refractivity contribution is 7.89. The summed E-state index contributed by atoms with van der Waals surface area (Å²) in [5.74, 6) is -0.550. The highest BCUT2D eigenvalue weighted by Gasteiger charge is 2.15. The second-order valence-corrected chi connectivity index (χ2v) is 6.23. The molecule has 0 heterocycles. The van der Waals surface area contributed by atoms with Gasteiger partial charge in [-0.2, -0.15) is 0 Å². The Hall–Kier alpha value is -2.12. The number of aromatic hydroxyl groups is 1. The Morgan fingerprint density at radius 3 is 2.57 bits per heavy atom. The summed E-state index contributed by atoms with van der Waals surface area (Å²) in [6.07, 6.45) is 0.236. The van der Waals surface area contributed by atoms with Crippen LogP contribution in [0.3, 0.4) is 0 Å². The molecule has 0 bridgehead atoms. The lowest BCUT2D eigenvalue weighted by Gasteiger charge is -2.08. The quantitative estimate of drug-likeness (QED) is 0.578. The molecule has 4 N–H and O–H groups in total. The van der Waals surface area contributed by atoms with Crippen LogP contribution >= 0.6 is 0 Å². The zero-order valence-corrected chi connectivity index (χ0v) is 11.9. The van der Waals surface area contributed by atoms with E-state index in [4.69, 9.17) is 5.73 Å². The Labute approximate surface area is 122 Å². The summed E-state index contributed by atoms with van der Waals surface area (Å²) < 4.78 is 39.8. The van der Waals surface area contributed by atoms with E-state index in [-0.39, 0.29) is 35.1 Å². The number of hydrogen-bond acceptors (Lipinski definition) is 4. The molecule has 0 unspecified atom stereocenters. The number of phenolic OH excluding ortho intramolecular Hbond substituents is 1. The summed E-state index contributed by atoms with van der Waals surface area (Å²) in [7, 11) is -3.75. The molecule has 0 aliphatic carbocycles. The molecular formula is C14H15FN2O3S. The molecule has 0 radical (unpaired) electrons. The minimum absolute atomic E-state index is 0.0213. The first kappa shape index (κ1) is 15.3. The Bertz CT molecular complexity index is 748. The van der Waals surface area contributed by atoms with E-state index in [0.29, 0.717) is 5.56 Å². The van der Waals surface area contributed by atoms with Crippen molar-refractivity contribution in [1.82, 2.24) is 4.72 Å². The molecule has 112 valence electrons. The zero-order chi connectivity index (χ0) is 15.5. The van der Waals surface area contributed by atoms with Crippen LogP contribution in [0.5, 0.6) is 5.75 Å². The van der Waals surface area contributed by atoms with Crippen LogP contribution in [-0.4, -0.2) is 20.1 Å². The average Bonchev–Trinajstić information content (AvgIpc) is 2.44. The van der Waals surface area contributed by atoms with Gasteiger partial charge in [0.2, 0.25) is 10.0 Å². The smallest absolute Gasteiger partial charge is 0.240 e. The lowest BCUT2D eigenvalue weighted by Crippen LogP contribution is -2.26. The average molecular weight is 310 g/mol. The van der Waals surface area contributed by atoms with Crippen LogP contribution < -0.4 is 10.5 Å². The van der Waals surface area contributed by atoms with Crippen molar-refractivity contribution in [3.05, 3.63) is 53.8 Å². The van der Waals surface area contributed by atoms with Crippen LogP contribution in [0.15, 0.2) is 47.4 Å². The maximum absolute atomic E-state index is 13.4. The van der Waals surface area contributed by atoms with Crippen LogP contribution in [0, 0.1) is 5.82 Å². The first-order valence-electron chi connectivity index (χ1n) is 6.22. The van der Waals surface area contributed by atoms with Crippen molar-refractivity contribution < 1.29 is 17.9 Å². The van der Waals surface area contributed by atoms with E-state index in [1.807, 2.05) is 0 Å². The summed E-state index contributed by atoms with van der Waals surface area (Å²) in [6, 6.07) is 9.81. The fraction of sp³-hybridized carbons (Fsp3) is 0.143. The summed E-state index contributed by atoms with van der Waals surface area (Å²) in [4.78, 5) is -0.0497.